The van der Waals surface area contributed by atoms with Crippen molar-refractivity contribution in [3.05, 3.63) is 27.7 Å². The average Bonchev–Trinajstić information content (AvgIpc) is 2.32. The zero-order valence-electron chi connectivity index (χ0n) is 10.7. The van der Waals surface area contributed by atoms with E-state index in [4.69, 9.17) is 4.74 Å². The molecule has 1 aromatic carbocycles. The molecular weight excluding hydrogens is 344 g/mol. The summed E-state index contributed by atoms with van der Waals surface area (Å²) in [6.07, 6.45) is 4.95. The Morgan fingerprint density at radius 1 is 1.29 bits per heavy atom. The number of hydrogen-bond donors (Lipinski definition) is 0. The Hall–Kier alpha value is -0.0200. The minimum atomic E-state index is 0.376. The van der Waals surface area contributed by atoms with Gasteiger partial charge in [0, 0.05) is 14.9 Å². The van der Waals surface area contributed by atoms with Crippen LogP contribution in [0.2, 0.25) is 0 Å². The van der Waals surface area contributed by atoms with Gasteiger partial charge in [-0.1, -0.05) is 58.0 Å². The summed E-state index contributed by atoms with van der Waals surface area (Å²) in [5.74, 6) is 0.976. The molecule has 0 spiro atoms. The van der Waals surface area contributed by atoms with Crippen LogP contribution in [0.15, 0.2) is 16.6 Å². The number of benzene rings is 1. The van der Waals surface area contributed by atoms with Crippen LogP contribution >= 0.6 is 31.9 Å². The first kappa shape index (κ1) is 15.0. The number of rotatable bonds is 6. The van der Waals surface area contributed by atoms with Crippen molar-refractivity contribution in [3.63, 3.8) is 0 Å². The molecule has 1 rings (SSSR count). The van der Waals surface area contributed by atoms with Crippen LogP contribution < -0.4 is 4.74 Å². The maximum Gasteiger partial charge on any atom is 0.123 e. The first-order valence-corrected chi connectivity index (χ1v) is 7.79. The van der Waals surface area contributed by atoms with Gasteiger partial charge < -0.3 is 4.74 Å². The van der Waals surface area contributed by atoms with Crippen molar-refractivity contribution in [2.45, 2.75) is 44.4 Å². The van der Waals surface area contributed by atoms with E-state index < -0.39 is 0 Å². The number of ether oxygens (including phenoxy) is 1. The number of methoxy groups -OCH3 is 1. The number of aryl methyl sites for hydroxylation is 1. The van der Waals surface area contributed by atoms with Gasteiger partial charge in [-0.05, 0) is 31.0 Å². The molecule has 0 bridgehead atoms. The first-order valence-electron chi connectivity index (χ1n) is 6.08. The van der Waals surface area contributed by atoms with E-state index in [1.165, 1.54) is 30.4 Å². The summed E-state index contributed by atoms with van der Waals surface area (Å²) in [6.45, 7) is 4.31. The number of hydrogen-bond acceptors (Lipinski definition) is 1. The Labute approximate surface area is 121 Å². The van der Waals surface area contributed by atoms with Crippen molar-refractivity contribution in [2.75, 3.05) is 7.11 Å². The first-order chi connectivity index (χ1) is 8.10. The molecule has 0 aliphatic carbocycles. The Morgan fingerprint density at radius 3 is 2.59 bits per heavy atom. The normalized spacial score (nSPS) is 12.5. The SMILES string of the molecule is CCCCCC(Br)c1cc(Br)c(C)cc1OC. The maximum atomic E-state index is 5.46. The van der Waals surface area contributed by atoms with Crippen molar-refractivity contribution in [1.29, 1.82) is 0 Å². The highest BCUT2D eigenvalue weighted by atomic mass is 79.9. The molecule has 0 heterocycles. The molecule has 0 aliphatic rings. The van der Waals surface area contributed by atoms with Gasteiger partial charge in [0.05, 0.1) is 7.11 Å². The van der Waals surface area contributed by atoms with Crippen molar-refractivity contribution in [2.24, 2.45) is 0 Å². The third kappa shape index (κ3) is 4.29. The van der Waals surface area contributed by atoms with Crippen LogP contribution in [0.1, 0.15) is 48.6 Å². The standard InChI is InChI=1S/C14H20Br2O/c1-4-5-6-7-12(15)11-9-13(16)10(2)8-14(11)17-3/h8-9,12H,4-7H2,1-3H3. The molecule has 0 aliphatic heterocycles. The van der Waals surface area contributed by atoms with Crippen molar-refractivity contribution < 1.29 is 4.74 Å². The van der Waals surface area contributed by atoms with Crippen molar-refractivity contribution in [3.8, 4) is 5.75 Å². The van der Waals surface area contributed by atoms with Gasteiger partial charge >= 0.3 is 0 Å². The molecule has 0 saturated heterocycles. The Balaban J connectivity index is 2.84. The van der Waals surface area contributed by atoms with Crippen molar-refractivity contribution in [1.82, 2.24) is 0 Å². The van der Waals surface area contributed by atoms with E-state index in [9.17, 15) is 0 Å². The lowest BCUT2D eigenvalue weighted by Gasteiger charge is -2.16. The minimum Gasteiger partial charge on any atom is -0.496 e. The zero-order valence-corrected chi connectivity index (χ0v) is 13.9. The molecule has 1 nitrogen and oxygen atoms in total. The molecule has 0 radical (unpaired) electrons. The zero-order chi connectivity index (χ0) is 12.8. The predicted octanol–water partition coefficient (Wildman–Crippen LogP) is 5.78. The van der Waals surface area contributed by atoms with Gasteiger partial charge in [-0.2, -0.15) is 0 Å². The van der Waals surface area contributed by atoms with E-state index in [0.29, 0.717) is 4.83 Å². The van der Waals surface area contributed by atoms with Crippen LogP contribution in [0.25, 0.3) is 0 Å². The van der Waals surface area contributed by atoms with Gasteiger partial charge in [0.1, 0.15) is 5.75 Å². The highest BCUT2D eigenvalue weighted by Gasteiger charge is 2.14. The topological polar surface area (TPSA) is 9.23 Å². The highest BCUT2D eigenvalue weighted by Crippen LogP contribution is 2.38. The van der Waals surface area contributed by atoms with Crippen LogP contribution in [-0.2, 0) is 0 Å². The molecule has 0 amide bonds. The van der Waals surface area contributed by atoms with E-state index in [1.807, 2.05) is 0 Å². The molecule has 17 heavy (non-hydrogen) atoms. The van der Waals surface area contributed by atoms with Crippen LogP contribution in [0.4, 0.5) is 0 Å². The fourth-order valence-corrected chi connectivity index (χ4v) is 2.86. The summed E-state index contributed by atoms with van der Waals surface area (Å²) in [4.78, 5) is 0.376. The summed E-state index contributed by atoms with van der Waals surface area (Å²) >= 11 is 7.35. The molecule has 96 valence electrons. The number of alkyl halides is 1. The lowest BCUT2D eigenvalue weighted by atomic mass is 10.0. The third-order valence-electron chi connectivity index (χ3n) is 2.91. The van der Waals surface area contributed by atoms with Crippen molar-refractivity contribution >= 4 is 31.9 Å². The number of unbranched alkanes of at least 4 members (excludes halogenated alkanes) is 2. The molecule has 0 aromatic heterocycles. The summed E-state index contributed by atoms with van der Waals surface area (Å²) < 4.78 is 6.60. The molecule has 1 aromatic rings. The summed E-state index contributed by atoms with van der Waals surface area (Å²) in [7, 11) is 1.73. The van der Waals surface area contributed by atoms with E-state index >= 15 is 0 Å². The smallest absolute Gasteiger partial charge is 0.123 e. The Morgan fingerprint density at radius 2 is 2.00 bits per heavy atom. The Bertz CT molecular complexity index is 363. The predicted molar refractivity (Wildman–Crippen MR) is 81.2 cm³/mol. The van der Waals surface area contributed by atoms with Gasteiger partial charge in [-0.3, -0.25) is 0 Å². The highest BCUT2D eigenvalue weighted by molar-refractivity contribution is 9.10. The molecule has 0 fully saturated rings. The molecule has 0 N–H and O–H groups in total. The van der Waals surface area contributed by atoms with Gasteiger partial charge in [0.15, 0.2) is 0 Å². The van der Waals surface area contributed by atoms with Gasteiger partial charge in [-0.15, -0.1) is 0 Å². The fourth-order valence-electron chi connectivity index (χ4n) is 1.82. The van der Waals surface area contributed by atoms with Gasteiger partial charge in [0.2, 0.25) is 0 Å². The quantitative estimate of drug-likeness (QED) is 0.459. The third-order valence-corrected chi connectivity index (χ3v) is 4.71. The maximum absolute atomic E-state index is 5.46. The lowest BCUT2D eigenvalue weighted by Crippen LogP contribution is -1.97. The Kier molecular flexibility index (Phi) is 6.57. The van der Waals surface area contributed by atoms with Gasteiger partial charge in [-0.25, -0.2) is 0 Å². The van der Waals surface area contributed by atoms with E-state index in [1.54, 1.807) is 7.11 Å². The summed E-state index contributed by atoms with van der Waals surface area (Å²) in [5, 5.41) is 0. The minimum absolute atomic E-state index is 0.376. The molecule has 3 heteroatoms. The fraction of sp³-hybridized carbons (Fsp3) is 0.571. The second-order valence-electron chi connectivity index (χ2n) is 4.31. The average molecular weight is 364 g/mol. The van der Waals surface area contributed by atoms with E-state index in [2.05, 4.69) is 57.8 Å². The summed E-state index contributed by atoms with van der Waals surface area (Å²) in [5.41, 5.74) is 2.44. The van der Waals surface area contributed by atoms with E-state index in [0.717, 1.165) is 16.6 Å². The van der Waals surface area contributed by atoms with Crippen LogP contribution in [0, 0.1) is 6.92 Å². The molecule has 1 unspecified atom stereocenters. The van der Waals surface area contributed by atoms with Crippen LogP contribution in [0.3, 0.4) is 0 Å². The molecule has 1 atom stereocenters. The number of halogens is 2. The summed E-state index contributed by atoms with van der Waals surface area (Å²) in [6, 6.07) is 4.26. The van der Waals surface area contributed by atoms with E-state index in [-0.39, 0.29) is 0 Å². The monoisotopic (exact) mass is 362 g/mol. The second-order valence-corrected chi connectivity index (χ2v) is 6.27. The van der Waals surface area contributed by atoms with Crippen LogP contribution in [-0.4, -0.2) is 7.11 Å². The van der Waals surface area contributed by atoms with Crippen LogP contribution in [0.5, 0.6) is 5.75 Å². The second kappa shape index (κ2) is 7.42. The van der Waals surface area contributed by atoms with Gasteiger partial charge in [0.25, 0.3) is 0 Å². The molecule has 0 saturated carbocycles. The largest absolute Gasteiger partial charge is 0.496 e. The molecular formula is C14H20Br2O. The lowest BCUT2D eigenvalue weighted by molar-refractivity contribution is 0.408.